The fraction of sp³-hybridized carbons (Fsp3) is 0.318. The molecule has 3 aromatic rings. The van der Waals surface area contributed by atoms with Crippen molar-refractivity contribution in [1.29, 1.82) is 0 Å². The molecule has 6 heteroatoms. The number of aromatic nitrogens is 2. The molecule has 0 saturated carbocycles. The molecule has 2 aromatic carbocycles. The average Bonchev–Trinajstić information content (AvgIpc) is 2.73. The number of anilines is 2. The van der Waals surface area contributed by atoms with Crippen LogP contribution in [0.5, 0.6) is 0 Å². The van der Waals surface area contributed by atoms with Crippen molar-refractivity contribution >= 4 is 28.3 Å². The molecule has 1 aromatic heterocycles. The highest BCUT2D eigenvalue weighted by atomic mass is 16.2. The highest BCUT2D eigenvalue weighted by molar-refractivity contribution is 5.98. The van der Waals surface area contributed by atoms with Gasteiger partial charge in [0.05, 0.1) is 22.4 Å². The molecule has 1 N–H and O–H groups in total. The van der Waals surface area contributed by atoms with Gasteiger partial charge in [0.1, 0.15) is 5.69 Å². The van der Waals surface area contributed by atoms with E-state index < -0.39 is 0 Å². The average molecular weight is 374 g/mol. The number of benzene rings is 2. The lowest BCUT2D eigenvalue weighted by Gasteiger charge is -2.41. The Kier molecular flexibility index (Phi) is 4.11. The summed E-state index contributed by atoms with van der Waals surface area (Å²) in [6.07, 6.45) is 2.85. The van der Waals surface area contributed by atoms with Gasteiger partial charge < -0.3 is 14.8 Å². The zero-order chi connectivity index (χ0) is 19.1. The first-order valence-corrected chi connectivity index (χ1v) is 9.86. The van der Waals surface area contributed by atoms with Crippen LogP contribution < -0.4 is 15.4 Å². The summed E-state index contributed by atoms with van der Waals surface area (Å²) in [6, 6.07) is 13.7. The molecule has 0 atom stereocenters. The van der Waals surface area contributed by atoms with Crippen LogP contribution in [0.1, 0.15) is 24.1 Å². The van der Waals surface area contributed by atoms with Gasteiger partial charge in [0.25, 0.3) is 5.56 Å². The smallest absolute Gasteiger partial charge is 0.270 e. The number of rotatable bonds is 3. The largest absolute Gasteiger partial charge is 0.368 e. The summed E-state index contributed by atoms with van der Waals surface area (Å²) in [4.78, 5) is 36.9. The molecule has 3 heterocycles. The molecule has 5 rings (SSSR count). The van der Waals surface area contributed by atoms with Crippen molar-refractivity contribution in [1.82, 2.24) is 9.97 Å². The zero-order valence-corrected chi connectivity index (χ0v) is 15.6. The second-order valence-corrected chi connectivity index (χ2v) is 7.45. The number of para-hydroxylation sites is 3. The molecule has 142 valence electrons. The quantitative estimate of drug-likeness (QED) is 0.765. The fourth-order valence-electron chi connectivity index (χ4n) is 4.36. The van der Waals surface area contributed by atoms with Gasteiger partial charge >= 0.3 is 0 Å². The molecule has 0 aliphatic carbocycles. The molecular weight excluding hydrogens is 352 g/mol. The topological polar surface area (TPSA) is 69.3 Å². The van der Waals surface area contributed by atoms with Crippen LogP contribution in [0.15, 0.2) is 47.3 Å². The van der Waals surface area contributed by atoms with E-state index in [0.29, 0.717) is 18.7 Å². The summed E-state index contributed by atoms with van der Waals surface area (Å²) in [5.74, 6) is 0.0491. The third-order valence-electron chi connectivity index (χ3n) is 5.72. The standard InChI is InChI=1S/C22H22N4O2/c27-20(11-10-18-22(28)24-17-8-2-1-7-16(17)23-18)26-14-13-25-12-4-6-15-5-3-9-19(26)21(15)25/h1-3,5,7-9H,4,6,10-14H2,(H,24,28). The summed E-state index contributed by atoms with van der Waals surface area (Å²) >= 11 is 0. The summed E-state index contributed by atoms with van der Waals surface area (Å²) in [7, 11) is 0. The number of aryl methyl sites for hydroxylation is 2. The van der Waals surface area contributed by atoms with Crippen molar-refractivity contribution in [2.24, 2.45) is 0 Å². The van der Waals surface area contributed by atoms with E-state index in [1.807, 2.05) is 41.3 Å². The predicted octanol–water partition coefficient (Wildman–Crippen LogP) is 2.66. The maximum Gasteiger partial charge on any atom is 0.270 e. The third kappa shape index (κ3) is 2.85. The van der Waals surface area contributed by atoms with Gasteiger partial charge in [-0.05, 0) is 36.6 Å². The van der Waals surface area contributed by atoms with Gasteiger partial charge in [-0.1, -0.05) is 24.3 Å². The summed E-state index contributed by atoms with van der Waals surface area (Å²) in [5, 5.41) is 0. The lowest BCUT2D eigenvalue weighted by molar-refractivity contribution is -0.118. The second-order valence-electron chi connectivity index (χ2n) is 7.45. The summed E-state index contributed by atoms with van der Waals surface area (Å²) in [6.45, 7) is 2.61. The first-order chi connectivity index (χ1) is 13.7. The van der Waals surface area contributed by atoms with Crippen LogP contribution in [0.4, 0.5) is 11.4 Å². The number of fused-ring (bicyclic) bond motifs is 1. The van der Waals surface area contributed by atoms with Gasteiger partial charge in [-0.3, -0.25) is 9.59 Å². The van der Waals surface area contributed by atoms with Crippen LogP contribution in [0.2, 0.25) is 0 Å². The van der Waals surface area contributed by atoms with E-state index in [-0.39, 0.29) is 17.9 Å². The lowest BCUT2D eigenvalue weighted by atomic mass is 9.98. The second kappa shape index (κ2) is 6.78. The van der Waals surface area contributed by atoms with Crippen LogP contribution in [0.25, 0.3) is 11.0 Å². The van der Waals surface area contributed by atoms with Crippen molar-refractivity contribution < 1.29 is 4.79 Å². The minimum Gasteiger partial charge on any atom is -0.368 e. The molecule has 0 fully saturated rings. The van der Waals surface area contributed by atoms with E-state index in [1.54, 1.807) is 0 Å². The number of nitrogens with zero attached hydrogens (tertiary/aromatic N) is 3. The van der Waals surface area contributed by atoms with Gasteiger partial charge in [-0.25, -0.2) is 4.98 Å². The van der Waals surface area contributed by atoms with E-state index in [0.717, 1.165) is 36.2 Å². The number of carbonyl (C=O) groups excluding carboxylic acids is 1. The van der Waals surface area contributed by atoms with Crippen LogP contribution in [0.3, 0.4) is 0 Å². The number of hydrogen-bond donors (Lipinski definition) is 1. The molecule has 0 bridgehead atoms. The number of aromatic amines is 1. The molecule has 2 aliphatic heterocycles. The van der Waals surface area contributed by atoms with Crippen LogP contribution in [-0.2, 0) is 17.6 Å². The monoisotopic (exact) mass is 374 g/mol. The van der Waals surface area contributed by atoms with E-state index in [1.165, 1.54) is 17.7 Å². The molecule has 0 radical (unpaired) electrons. The highest BCUT2D eigenvalue weighted by Crippen LogP contribution is 2.39. The molecule has 28 heavy (non-hydrogen) atoms. The predicted molar refractivity (Wildman–Crippen MR) is 110 cm³/mol. The van der Waals surface area contributed by atoms with E-state index in [4.69, 9.17) is 0 Å². The summed E-state index contributed by atoms with van der Waals surface area (Å²) < 4.78 is 0. The molecule has 1 amide bonds. The van der Waals surface area contributed by atoms with Crippen molar-refractivity contribution in [2.75, 3.05) is 29.4 Å². The Morgan fingerprint density at radius 3 is 2.89 bits per heavy atom. The van der Waals surface area contributed by atoms with E-state index in [2.05, 4.69) is 20.9 Å². The van der Waals surface area contributed by atoms with E-state index in [9.17, 15) is 9.59 Å². The maximum absolute atomic E-state index is 13.0. The number of amides is 1. The lowest BCUT2D eigenvalue weighted by Crippen LogP contribution is -2.46. The van der Waals surface area contributed by atoms with Gasteiger partial charge in [0.15, 0.2) is 0 Å². The number of H-pyrrole nitrogens is 1. The first kappa shape index (κ1) is 17.0. The van der Waals surface area contributed by atoms with Crippen LogP contribution in [-0.4, -0.2) is 35.5 Å². The Labute approximate surface area is 162 Å². The number of carbonyl (C=O) groups is 1. The Bertz CT molecular complexity index is 1120. The van der Waals surface area contributed by atoms with Gasteiger partial charge in [0.2, 0.25) is 5.91 Å². The van der Waals surface area contributed by atoms with Gasteiger partial charge in [-0.2, -0.15) is 0 Å². The minimum absolute atomic E-state index is 0.0491. The van der Waals surface area contributed by atoms with Crippen LogP contribution in [0, 0.1) is 0 Å². The Hall–Kier alpha value is -3.15. The number of nitrogens with one attached hydrogen (secondary N) is 1. The SMILES string of the molecule is O=C(CCc1nc2ccccc2[nH]c1=O)N1CCN2CCCc3cccc1c32. The molecule has 2 aliphatic rings. The van der Waals surface area contributed by atoms with Gasteiger partial charge in [0, 0.05) is 32.5 Å². The fourth-order valence-corrected chi connectivity index (χ4v) is 4.36. The third-order valence-corrected chi connectivity index (χ3v) is 5.72. The maximum atomic E-state index is 13.0. The van der Waals surface area contributed by atoms with Crippen molar-refractivity contribution in [3.05, 3.63) is 64.1 Å². The molecule has 0 spiro atoms. The van der Waals surface area contributed by atoms with Crippen LogP contribution >= 0.6 is 0 Å². The molecule has 0 unspecified atom stereocenters. The highest BCUT2D eigenvalue weighted by Gasteiger charge is 2.30. The zero-order valence-electron chi connectivity index (χ0n) is 15.6. The Morgan fingerprint density at radius 2 is 1.96 bits per heavy atom. The van der Waals surface area contributed by atoms with Crippen molar-refractivity contribution in [3.8, 4) is 0 Å². The Morgan fingerprint density at radius 1 is 1.07 bits per heavy atom. The van der Waals surface area contributed by atoms with Crippen molar-refractivity contribution in [2.45, 2.75) is 25.7 Å². The molecular formula is C22H22N4O2. The Balaban J connectivity index is 1.38. The van der Waals surface area contributed by atoms with E-state index >= 15 is 0 Å². The molecule has 6 nitrogen and oxygen atoms in total. The summed E-state index contributed by atoms with van der Waals surface area (Å²) in [5.41, 5.74) is 5.22. The normalized spacial score (nSPS) is 15.6. The first-order valence-electron chi connectivity index (χ1n) is 9.86. The van der Waals surface area contributed by atoms with Gasteiger partial charge in [-0.15, -0.1) is 0 Å². The minimum atomic E-state index is -0.214. The molecule has 0 saturated heterocycles. The van der Waals surface area contributed by atoms with Crippen molar-refractivity contribution in [3.63, 3.8) is 0 Å². The number of hydrogen-bond acceptors (Lipinski definition) is 4.